The number of nitrogens with zero attached hydrogens (tertiary/aromatic N) is 2. The molecule has 3 N–H and O–H groups in total. The molecule has 0 saturated carbocycles. The monoisotopic (exact) mass is 231 g/mol. The molecule has 15 heavy (non-hydrogen) atoms. The topological polar surface area (TPSA) is 94.4 Å². The Balaban J connectivity index is 2.05. The van der Waals surface area contributed by atoms with Crippen molar-refractivity contribution in [3.8, 4) is 0 Å². The van der Waals surface area contributed by atoms with Crippen LogP contribution < -0.4 is 5.73 Å². The van der Waals surface area contributed by atoms with Gasteiger partial charge in [0, 0.05) is 11.5 Å². The molecule has 2 rings (SSSR count). The molecule has 0 bridgehead atoms. The molecule has 1 aliphatic rings. The van der Waals surface area contributed by atoms with E-state index in [9.17, 15) is 0 Å². The Labute approximate surface area is 91.2 Å². The Bertz CT molecular complexity index is 314. The van der Waals surface area contributed by atoms with Crippen LogP contribution in [0, 0.1) is 0 Å². The first kappa shape index (κ1) is 10.9. The number of thioether (sulfide) groups is 1. The smallest absolute Gasteiger partial charge is 0.246 e. The maximum atomic E-state index is 8.82. The van der Waals surface area contributed by atoms with E-state index in [1.54, 1.807) is 11.8 Å². The van der Waals surface area contributed by atoms with Crippen LogP contribution in [-0.2, 0) is 4.74 Å². The Morgan fingerprint density at radius 3 is 3.20 bits per heavy atom. The second-order valence-corrected chi connectivity index (χ2v) is 4.36. The van der Waals surface area contributed by atoms with E-state index >= 15 is 0 Å². The molecule has 7 heteroatoms. The fourth-order valence-corrected chi connectivity index (χ4v) is 2.08. The summed E-state index contributed by atoms with van der Waals surface area (Å²) < 4.78 is 10.4. The molecule has 1 aliphatic heterocycles. The van der Waals surface area contributed by atoms with E-state index in [1.807, 2.05) is 0 Å². The van der Waals surface area contributed by atoms with Crippen molar-refractivity contribution in [2.24, 2.45) is 5.73 Å². The minimum absolute atomic E-state index is 0.118. The zero-order valence-electron chi connectivity index (χ0n) is 8.13. The number of aromatic nitrogens is 2. The summed E-state index contributed by atoms with van der Waals surface area (Å²) in [6.45, 7) is 0.493. The van der Waals surface area contributed by atoms with Crippen LogP contribution in [0.4, 0.5) is 0 Å². The van der Waals surface area contributed by atoms with Crippen molar-refractivity contribution in [3.63, 3.8) is 0 Å². The van der Waals surface area contributed by atoms with E-state index in [0.717, 1.165) is 11.5 Å². The van der Waals surface area contributed by atoms with Crippen LogP contribution in [0.15, 0.2) is 4.52 Å². The summed E-state index contributed by atoms with van der Waals surface area (Å²) in [4.78, 5) is 4.10. The summed E-state index contributed by atoms with van der Waals surface area (Å²) in [7, 11) is 0. The molecule has 0 amide bonds. The van der Waals surface area contributed by atoms with E-state index in [4.69, 9.17) is 20.1 Å². The largest absolute Gasteiger partial charge is 0.394 e. The minimum atomic E-state index is -0.609. The maximum Gasteiger partial charge on any atom is 0.246 e. The van der Waals surface area contributed by atoms with Crippen LogP contribution in [0.2, 0.25) is 0 Å². The molecule has 0 aromatic carbocycles. The summed E-state index contributed by atoms with van der Waals surface area (Å²) in [5.74, 6) is 2.60. The normalized spacial score (nSPS) is 24.0. The van der Waals surface area contributed by atoms with Gasteiger partial charge in [0.15, 0.2) is 0 Å². The number of aliphatic hydroxyl groups is 1. The lowest BCUT2D eigenvalue weighted by molar-refractivity contribution is 0.0677. The second kappa shape index (κ2) is 4.93. The van der Waals surface area contributed by atoms with Gasteiger partial charge in [0.1, 0.15) is 12.1 Å². The first-order valence-corrected chi connectivity index (χ1v) is 5.86. The van der Waals surface area contributed by atoms with Gasteiger partial charge in [-0.25, -0.2) is 0 Å². The zero-order chi connectivity index (χ0) is 10.7. The number of nitrogens with two attached hydrogens (primary N) is 1. The van der Waals surface area contributed by atoms with Crippen LogP contribution in [0.5, 0.6) is 0 Å². The summed E-state index contributed by atoms with van der Waals surface area (Å²) in [6, 6.07) is -0.609. The predicted molar refractivity (Wildman–Crippen MR) is 54.3 cm³/mol. The Hall–Kier alpha value is -0.630. The lowest BCUT2D eigenvalue weighted by Crippen LogP contribution is -2.18. The molecule has 1 saturated heterocycles. The van der Waals surface area contributed by atoms with Crippen LogP contribution in [0.3, 0.4) is 0 Å². The molecule has 0 spiro atoms. The number of hydrogen-bond donors (Lipinski definition) is 2. The molecule has 0 radical (unpaired) electrons. The first-order valence-electron chi connectivity index (χ1n) is 4.70. The molecular formula is C8H13N3O3S. The number of aliphatic hydroxyl groups excluding tert-OH is 1. The Morgan fingerprint density at radius 1 is 1.67 bits per heavy atom. The highest BCUT2D eigenvalue weighted by Crippen LogP contribution is 2.24. The lowest BCUT2D eigenvalue weighted by atomic mass is 10.3. The highest BCUT2D eigenvalue weighted by molar-refractivity contribution is 7.99. The standard InChI is InChI=1S/C8H13N3O3S/c9-5(3-12)8-10-7(11-14-8)6-4-15-2-1-13-6/h5-6,12H,1-4,9H2/t5-,6?/m0/s1. The molecule has 1 unspecified atom stereocenters. The van der Waals surface area contributed by atoms with Gasteiger partial charge in [0.25, 0.3) is 0 Å². The first-order chi connectivity index (χ1) is 7.31. The third-order valence-electron chi connectivity index (χ3n) is 2.08. The van der Waals surface area contributed by atoms with Gasteiger partial charge in [0.2, 0.25) is 11.7 Å². The highest BCUT2D eigenvalue weighted by atomic mass is 32.2. The minimum Gasteiger partial charge on any atom is -0.394 e. The molecule has 1 aromatic rings. The van der Waals surface area contributed by atoms with Crippen molar-refractivity contribution < 1.29 is 14.4 Å². The number of ether oxygens (including phenoxy) is 1. The summed E-state index contributed by atoms with van der Waals surface area (Å²) in [6.07, 6.45) is -0.118. The summed E-state index contributed by atoms with van der Waals surface area (Å²) >= 11 is 1.79. The summed E-state index contributed by atoms with van der Waals surface area (Å²) in [5, 5.41) is 12.6. The second-order valence-electron chi connectivity index (χ2n) is 3.21. The van der Waals surface area contributed by atoms with Crippen LogP contribution in [0.1, 0.15) is 23.9 Å². The van der Waals surface area contributed by atoms with Crippen molar-refractivity contribution in [1.29, 1.82) is 0 Å². The third kappa shape index (κ3) is 2.49. The van der Waals surface area contributed by atoms with Crippen molar-refractivity contribution in [3.05, 3.63) is 11.7 Å². The van der Waals surface area contributed by atoms with Gasteiger partial charge in [0.05, 0.1) is 13.2 Å². The zero-order valence-corrected chi connectivity index (χ0v) is 8.94. The van der Waals surface area contributed by atoms with Crippen LogP contribution >= 0.6 is 11.8 Å². The van der Waals surface area contributed by atoms with Gasteiger partial charge >= 0.3 is 0 Å². The fraction of sp³-hybridized carbons (Fsp3) is 0.750. The third-order valence-corrected chi connectivity index (χ3v) is 3.07. The molecular weight excluding hydrogens is 218 g/mol. The molecule has 6 nitrogen and oxygen atoms in total. The van der Waals surface area contributed by atoms with E-state index in [2.05, 4.69) is 10.1 Å². The van der Waals surface area contributed by atoms with Crippen molar-refractivity contribution >= 4 is 11.8 Å². The number of rotatable bonds is 3. The average Bonchev–Trinajstić information content (AvgIpc) is 2.78. The van der Waals surface area contributed by atoms with Crippen molar-refractivity contribution in [2.75, 3.05) is 24.7 Å². The molecule has 0 aliphatic carbocycles. The van der Waals surface area contributed by atoms with Crippen LogP contribution in [-0.4, -0.2) is 40.0 Å². The highest BCUT2D eigenvalue weighted by Gasteiger charge is 2.23. The van der Waals surface area contributed by atoms with E-state index in [-0.39, 0.29) is 18.6 Å². The van der Waals surface area contributed by atoms with Gasteiger partial charge in [-0.05, 0) is 0 Å². The van der Waals surface area contributed by atoms with Gasteiger partial charge in [-0.3, -0.25) is 0 Å². The predicted octanol–water partition coefficient (Wildman–Crippen LogP) is -0.134. The Kier molecular flexibility index (Phi) is 3.57. The maximum absolute atomic E-state index is 8.82. The fourth-order valence-electron chi connectivity index (χ4n) is 1.24. The van der Waals surface area contributed by atoms with Crippen molar-refractivity contribution in [1.82, 2.24) is 10.1 Å². The average molecular weight is 231 g/mol. The van der Waals surface area contributed by atoms with Gasteiger partial charge in [-0.1, -0.05) is 5.16 Å². The quantitative estimate of drug-likeness (QED) is 0.748. The van der Waals surface area contributed by atoms with Gasteiger partial charge in [-0.15, -0.1) is 0 Å². The SMILES string of the molecule is N[C@@H](CO)c1nc(C2CSCCO2)no1. The van der Waals surface area contributed by atoms with Crippen LogP contribution in [0.25, 0.3) is 0 Å². The lowest BCUT2D eigenvalue weighted by Gasteiger charge is -2.18. The van der Waals surface area contributed by atoms with Gasteiger partial charge in [-0.2, -0.15) is 16.7 Å². The van der Waals surface area contributed by atoms with E-state index in [1.165, 1.54) is 0 Å². The molecule has 84 valence electrons. The molecule has 2 heterocycles. The van der Waals surface area contributed by atoms with Gasteiger partial charge < -0.3 is 20.1 Å². The molecule has 2 atom stereocenters. The molecule has 1 fully saturated rings. The van der Waals surface area contributed by atoms with E-state index in [0.29, 0.717) is 12.4 Å². The van der Waals surface area contributed by atoms with Crippen molar-refractivity contribution in [2.45, 2.75) is 12.1 Å². The summed E-state index contributed by atoms with van der Waals surface area (Å²) in [5.41, 5.74) is 5.54. The number of hydrogen-bond acceptors (Lipinski definition) is 7. The Morgan fingerprint density at radius 2 is 2.53 bits per heavy atom. The van der Waals surface area contributed by atoms with E-state index < -0.39 is 6.04 Å². The molecule has 1 aromatic heterocycles.